The van der Waals surface area contributed by atoms with Gasteiger partial charge in [0.1, 0.15) is 11.4 Å². The van der Waals surface area contributed by atoms with Gasteiger partial charge in [-0.15, -0.1) is 0 Å². The lowest BCUT2D eigenvalue weighted by Gasteiger charge is -2.30. The van der Waals surface area contributed by atoms with Crippen LogP contribution in [0.4, 0.5) is 48.3 Å². The molecule has 9 nitrogen and oxygen atoms in total. The van der Waals surface area contributed by atoms with E-state index in [1.54, 1.807) is 5.32 Å². The van der Waals surface area contributed by atoms with Crippen LogP contribution in [0.1, 0.15) is 58.6 Å². The zero-order valence-electron chi connectivity index (χ0n) is 24.3. The number of alkyl halides is 11. The van der Waals surface area contributed by atoms with Gasteiger partial charge >= 0.3 is 18.5 Å². The lowest BCUT2D eigenvalue weighted by Crippen LogP contribution is -2.43. The topological polar surface area (TPSA) is 129 Å². The summed E-state index contributed by atoms with van der Waals surface area (Å²) in [5, 5.41) is 13.4. The zero-order valence-corrected chi connectivity index (χ0v) is 24.3. The molecule has 0 bridgehead atoms. The fraction of sp³-hybridized carbons (Fsp3) is 0.500. The summed E-state index contributed by atoms with van der Waals surface area (Å²) in [6.07, 6.45) is -22.0. The van der Waals surface area contributed by atoms with E-state index >= 15 is 0 Å². The number of amides is 2. The molecule has 0 aliphatic heterocycles. The highest BCUT2D eigenvalue weighted by atomic mass is 19.4. The van der Waals surface area contributed by atoms with Crippen molar-refractivity contribution in [2.24, 2.45) is 5.92 Å². The molecule has 2 amide bonds. The molecule has 48 heavy (non-hydrogen) atoms. The van der Waals surface area contributed by atoms with Crippen molar-refractivity contribution in [3.63, 3.8) is 0 Å². The van der Waals surface area contributed by atoms with Crippen molar-refractivity contribution in [1.82, 2.24) is 25.6 Å². The lowest BCUT2D eigenvalue weighted by molar-refractivity contribution is -0.205. The lowest BCUT2D eigenvalue weighted by atomic mass is 9.85. The van der Waals surface area contributed by atoms with Crippen molar-refractivity contribution < 1.29 is 67.7 Å². The van der Waals surface area contributed by atoms with Crippen LogP contribution in [0.15, 0.2) is 24.3 Å². The van der Waals surface area contributed by atoms with E-state index in [0.29, 0.717) is 6.07 Å². The largest absolute Gasteiger partial charge is 0.471 e. The summed E-state index contributed by atoms with van der Waals surface area (Å²) in [5.74, 6) is -5.07. The van der Waals surface area contributed by atoms with E-state index < -0.39 is 97.0 Å². The van der Waals surface area contributed by atoms with Crippen LogP contribution in [-0.2, 0) is 23.9 Å². The number of rotatable bonds is 10. The molecule has 264 valence electrons. The highest BCUT2D eigenvalue weighted by Crippen LogP contribution is 2.38. The van der Waals surface area contributed by atoms with E-state index in [-0.39, 0.29) is 48.2 Å². The Morgan fingerprint density at radius 1 is 0.979 bits per heavy atom. The highest BCUT2D eigenvalue weighted by Gasteiger charge is 2.44. The van der Waals surface area contributed by atoms with Crippen LogP contribution < -0.4 is 15.4 Å². The molecule has 1 atom stereocenters. The standard InChI is InChI=1S/C28H26F11N5O4/c29-19(30)11-48-25-16(23(46)41-15-4-2-14(3-5-15)26(31,32)33)9-18-22(44-25)43-20(42-18)8-13-7-12(1-6-17(13)27(34,35)36)10-40-24(47)21(45)28(37,38)39/h1,6-7,9,14-15,19,21,45H,2-5,8,10-11H2,(H,40,47)(H,41,46)(H,42,43,44). The van der Waals surface area contributed by atoms with Crippen LogP contribution in [0.3, 0.4) is 0 Å². The number of H-pyrrole nitrogens is 1. The fourth-order valence-electron chi connectivity index (χ4n) is 5.10. The summed E-state index contributed by atoms with van der Waals surface area (Å²) in [6, 6.07) is 2.87. The predicted octanol–water partition coefficient (Wildman–Crippen LogP) is 5.60. The first-order chi connectivity index (χ1) is 22.2. The Morgan fingerprint density at radius 3 is 2.23 bits per heavy atom. The molecular formula is C28H26F11N5O4. The van der Waals surface area contributed by atoms with E-state index in [4.69, 9.17) is 9.84 Å². The second-order valence-electron chi connectivity index (χ2n) is 11.0. The molecule has 20 heteroatoms. The van der Waals surface area contributed by atoms with Gasteiger partial charge in [-0.1, -0.05) is 12.1 Å². The first-order valence-corrected chi connectivity index (χ1v) is 14.1. The molecule has 0 spiro atoms. The van der Waals surface area contributed by atoms with Crippen LogP contribution in [-0.4, -0.2) is 69.4 Å². The van der Waals surface area contributed by atoms with Crippen LogP contribution in [0.5, 0.6) is 5.88 Å². The average molecular weight is 706 g/mol. The number of aliphatic hydroxyl groups excluding tert-OH is 1. The maximum Gasteiger partial charge on any atom is 0.423 e. The molecule has 1 aliphatic carbocycles. The summed E-state index contributed by atoms with van der Waals surface area (Å²) in [5.41, 5.74) is -2.38. The van der Waals surface area contributed by atoms with Crippen LogP contribution in [0.2, 0.25) is 0 Å². The summed E-state index contributed by atoms with van der Waals surface area (Å²) >= 11 is 0. The van der Waals surface area contributed by atoms with E-state index in [9.17, 15) is 57.9 Å². The summed E-state index contributed by atoms with van der Waals surface area (Å²) in [6.45, 7) is -1.88. The highest BCUT2D eigenvalue weighted by molar-refractivity contribution is 5.99. The van der Waals surface area contributed by atoms with Crippen LogP contribution in [0.25, 0.3) is 11.2 Å². The van der Waals surface area contributed by atoms with Crippen molar-refractivity contribution in [1.29, 1.82) is 0 Å². The number of benzene rings is 1. The van der Waals surface area contributed by atoms with E-state index in [0.717, 1.165) is 18.2 Å². The summed E-state index contributed by atoms with van der Waals surface area (Å²) in [7, 11) is 0. The van der Waals surface area contributed by atoms with Gasteiger partial charge in [-0.05, 0) is 48.9 Å². The van der Waals surface area contributed by atoms with E-state index in [1.807, 2.05) is 0 Å². The molecule has 1 aliphatic rings. The van der Waals surface area contributed by atoms with Gasteiger partial charge in [0.15, 0.2) is 12.3 Å². The number of aromatic nitrogens is 3. The molecule has 3 aromatic rings. The second kappa shape index (κ2) is 14.1. The van der Waals surface area contributed by atoms with E-state index in [1.165, 1.54) is 0 Å². The Hall–Kier alpha value is -4.23. The van der Waals surface area contributed by atoms with Crippen molar-refractivity contribution in [2.45, 2.75) is 75.7 Å². The Kier molecular flexibility index (Phi) is 10.7. The first kappa shape index (κ1) is 36.6. The number of carbonyl (C=O) groups excluding carboxylic acids is 2. The number of hydrogen-bond acceptors (Lipinski definition) is 6. The van der Waals surface area contributed by atoms with Crippen LogP contribution in [0, 0.1) is 5.92 Å². The first-order valence-electron chi connectivity index (χ1n) is 14.1. The van der Waals surface area contributed by atoms with Crippen molar-refractivity contribution in [3.8, 4) is 5.88 Å². The Bertz CT molecular complexity index is 1610. The maximum atomic E-state index is 13.8. The number of nitrogens with one attached hydrogen (secondary N) is 3. The molecule has 1 saturated carbocycles. The SMILES string of the molecule is O=C(NC1CCC(C(F)(F)F)CC1)c1cc2[nH]c(Cc3cc(CNC(=O)C(O)C(F)(F)F)ccc3C(F)(F)F)nc2nc1OCC(F)F. The van der Waals surface area contributed by atoms with Crippen LogP contribution >= 0.6 is 0 Å². The molecule has 0 radical (unpaired) electrons. The minimum Gasteiger partial charge on any atom is -0.471 e. The summed E-state index contributed by atoms with van der Waals surface area (Å²) < 4.78 is 149. The minimum absolute atomic E-state index is 0.0137. The number of aliphatic hydroxyl groups is 1. The van der Waals surface area contributed by atoms with Gasteiger partial charge in [0.05, 0.1) is 17.0 Å². The van der Waals surface area contributed by atoms with Gasteiger partial charge in [0, 0.05) is 19.0 Å². The Labute approximate surface area is 263 Å². The fourth-order valence-corrected chi connectivity index (χ4v) is 5.10. The van der Waals surface area contributed by atoms with Crippen molar-refractivity contribution in [3.05, 3.63) is 52.3 Å². The smallest absolute Gasteiger partial charge is 0.423 e. The number of halogens is 11. The normalized spacial score (nSPS) is 18.2. The van der Waals surface area contributed by atoms with Gasteiger partial charge in [-0.3, -0.25) is 9.59 Å². The number of nitrogens with zero attached hydrogens (tertiary/aromatic N) is 2. The van der Waals surface area contributed by atoms with Crippen molar-refractivity contribution in [2.75, 3.05) is 6.61 Å². The molecule has 2 aromatic heterocycles. The summed E-state index contributed by atoms with van der Waals surface area (Å²) in [4.78, 5) is 35.4. The maximum absolute atomic E-state index is 13.8. The number of imidazole rings is 1. The van der Waals surface area contributed by atoms with Gasteiger partial charge in [-0.25, -0.2) is 13.8 Å². The molecule has 4 N–H and O–H groups in total. The molecule has 0 saturated heterocycles. The Balaban J connectivity index is 1.59. The van der Waals surface area contributed by atoms with E-state index in [2.05, 4.69) is 20.3 Å². The second-order valence-corrected chi connectivity index (χ2v) is 11.0. The zero-order chi connectivity index (χ0) is 35.6. The third-order valence-electron chi connectivity index (χ3n) is 7.46. The monoisotopic (exact) mass is 705 g/mol. The third-order valence-corrected chi connectivity index (χ3v) is 7.46. The molecule has 1 aromatic carbocycles. The number of fused-ring (bicyclic) bond motifs is 1. The third kappa shape index (κ3) is 9.22. The number of pyridine rings is 1. The molecular weight excluding hydrogens is 679 g/mol. The van der Waals surface area contributed by atoms with Gasteiger partial charge in [0.2, 0.25) is 12.0 Å². The molecule has 2 heterocycles. The number of hydrogen-bond donors (Lipinski definition) is 4. The quantitative estimate of drug-likeness (QED) is 0.204. The van der Waals surface area contributed by atoms with Gasteiger partial charge in [0.25, 0.3) is 18.2 Å². The minimum atomic E-state index is -5.27. The van der Waals surface area contributed by atoms with Gasteiger partial charge < -0.3 is 25.5 Å². The number of ether oxygens (including phenoxy) is 1. The number of carbonyl (C=O) groups is 2. The predicted molar refractivity (Wildman–Crippen MR) is 143 cm³/mol. The molecule has 4 rings (SSSR count). The number of aromatic amines is 1. The average Bonchev–Trinajstić information content (AvgIpc) is 3.37. The Morgan fingerprint density at radius 2 is 1.65 bits per heavy atom. The van der Waals surface area contributed by atoms with Crippen molar-refractivity contribution >= 4 is 23.0 Å². The molecule has 1 unspecified atom stereocenters. The van der Waals surface area contributed by atoms with Gasteiger partial charge in [-0.2, -0.15) is 44.5 Å². The molecule has 1 fully saturated rings.